The number of hydrogen-bond acceptors (Lipinski definition) is 2. The number of Topliss-reactive ketones (excluding diaryl/α,β-unsaturated/α-hetero) is 1. The first kappa shape index (κ1) is 11.4. The molecule has 0 bridgehead atoms. The molecule has 0 fully saturated rings. The Balaban J connectivity index is 3.94. The first-order valence-corrected chi connectivity index (χ1v) is 4.47. The second kappa shape index (κ2) is 5.95. The fourth-order valence-electron chi connectivity index (χ4n) is 1.21. The molecule has 70 valence electrons. The minimum atomic E-state index is 0.0324. The summed E-state index contributed by atoms with van der Waals surface area (Å²) in [4.78, 5) is 11.4. The van der Waals surface area contributed by atoms with Crippen molar-refractivity contribution >= 4 is 5.78 Å². The van der Waals surface area contributed by atoms with Crippen LogP contribution in [0, 0.1) is 11.8 Å². The van der Waals surface area contributed by atoms with Crippen LogP contribution < -0.4 is 5.73 Å². The maximum absolute atomic E-state index is 11.4. The van der Waals surface area contributed by atoms with Gasteiger partial charge in [0.1, 0.15) is 5.78 Å². The highest BCUT2D eigenvalue weighted by Crippen LogP contribution is 2.13. The molecule has 0 aromatic rings. The number of ketones is 1. The molecule has 0 spiro atoms. The number of carbonyl (C=O) groups excluding carboxylic acids is 1. The number of allylic oxidation sites excluding steroid dienone is 1. The molecule has 2 N–H and O–H groups in total. The van der Waals surface area contributed by atoms with Crippen LogP contribution in [0.3, 0.4) is 0 Å². The smallest absolute Gasteiger partial charge is 0.137 e. The first-order chi connectivity index (χ1) is 5.63. The third-order valence-electron chi connectivity index (χ3n) is 2.07. The Morgan fingerprint density at radius 1 is 1.58 bits per heavy atom. The van der Waals surface area contributed by atoms with Crippen LogP contribution in [0.15, 0.2) is 12.7 Å². The Bertz CT molecular complexity index is 152. The zero-order valence-corrected chi connectivity index (χ0v) is 8.05. The number of nitrogens with two attached hydrogens (primary N) is 1. The van der Waals surface area contributed by atoms with Crippen LogP contribution >= 0.6 is 0 Å². The number of carbonyl (C=O) groups is 1. The summed E-state index contributed by atoms with van der Waals surface area (Å²) in [5.74, 6) is 0.657. The van der Waals surface area contributed by atoms with Gasteiger partial charge in [0, 0.05) is 18.9 Å². The minimum absolute atomic E-state index is 0.0324. The van der Waals surface area contributed by atoms with E-state index in [9.17, 15) is 4.79 Å². The van der Waals surface area contributed by atoms with E-state index >= 15 is 0 Å². The SMILES string of the molecule is C=CCCC(=O)C(CN)C(C)C. The normalized spacial score (nSPS) is 13.0. The highest BCUT2D eigenvalue weighted by molar-refractivity contribution is 5.81. The molecule has 0 saturated heterocycles. The third-order valence-corrected chi connectivity index (χ3v) is 2.07. The summed E-state index contributed by atoms with van der Waals surface area (Å²) in [6, 6.07) is 0. The zero-order chi connectivity index (χ0) is 9.56. The molecule has 0 radical (unpaired) electrons. The second-order valence-electron chi connectivity index (χ2n) is 3.38. The molecule has 0 aliphatic rings. The quantitative estimate of drug-likeness (QED) is 0.616. The highest BCUT2D eigenvalue weighted by Gasteiger charge is 2.18. The number of rotatable bonds is 6. The van der Waals surface area contributed by atoms with E-state index in [1.54, 1.807) is 6.08 Å². The molecule has 0 amide bonds. The molecule has 1 unspecified atom stereocenters. The van der Waals surface area contributed by atoms with Gasteiger partial charge in [0.05, 0.1) is 0 Å². The summed E-state index contributed by atoms with van der Waals surface area (Å²) in [6.45, 7) is 8.11. The maximum atomic E-state index is 11.4. The summed E-state index contributed by atoms with van der Waals surface area (Å²) in [7, 11) is 0. The lowest BCUT2D eigenvalue weighted by Gasteiger charge is -2.16. The third kappa shape index (κ3) is 3.67. The van der Waals surface area contributed by atoms with Crippen molar-refractivity contribution in [1.29, 1.82) is 0 Å². The van der Waals surface area contributed by atoms with Gasteiger partial charge in [-0.05, 0) is 12.3 Å². The molecule has 1 atom stereocenters. The largest absolute Gasteiger partial charge is 0.330 e. The second-order valence-corrected chi connectivity index (χ2v) is 3.38. The summed E-state index contributed by atoms with van der Waals surface area (Å²) in [5.41, 5.74) is 5.50. The summed E-state index contributed by atoms with van der Waals surface area (Å²) in [5, 5.41) is 0. The monoisotopic (exact) mass is 169 g/mol. The Hall–Kier alpha value is -0.630. The van der Waals surface area contributed by atoms with E-state index in [4.69, 9.17) is 5.73 Å². The van der Waals surface area contributed by atoms with E-state index in [0.29, 0.717) is 18.9 Å². The van der Waals surface area contributed by atoms with Gasteiger partial charge in [-0.15, -0.1) is 6.58 Å². The van der Waals surface area contributed by atoms with Gasteiger partial charge < -0.3 is 5.73 Å². The van der Waals surface area contributed by atoms with Gasteiger partial charge in [0.15, 0.2) is 0 Å². The molecule has 0 aromatic carbocycles. The molecule has 0 heterocycles. The molecule has 2 heteroatoms. The van der Waals surface area contributed by atoms with Gasteiger partial charge in [-0.3, -0.25) is 4.79 Å². The van der Waals surface area contributed by atoms with E-state index in [2.05, 4.69) is 6.58 Å². The molecule has 0 saturated carbocycles. The highest BCUT2D eigenvalue weighted by atomic mass is 16.1. The van der Waals surface area contributed by atoms with Crippen LogP contribution in [-0.2, 0) is 4.79 Å². The van der Waals surface area contributed by atoms with Crippen molar-refractivity contribution in [3.8, 4) is 0 Å². The lowest BCUT2D eigenvalue weighted by molar-refractivity contribution is -0.123. The Kier molecular flexibility index (Phi) is 5.64. The summed E-state index contributed by atoms with van der Waals surface area (Å²) in [6.07, 6.45) is 3.12. The lowest BCUT2D eigenvalue weighted by Crippen LogP contribution is -2.28. The van der Waals surface area contributed by atoms with Crippen molar-refractivity contribution in [1.82, 2.24) is 0 Å². The topological polar surface area (TPSA) is 43.1 Å². The van der Waals surface area contributed by atoms with Crippen molar-refractivity contribution in [3.63, 3.8) is 0 Å². The molecule has 0 aliphatic carbocycles. The predicted molar refractivity (Wildman–Crippen MR) is 51.8 cm³/mol. The van der Waals surface area contributed by atoms with Gasteiger partial charge in [-0.1, -0.05) is 19.9 Å². The van der Waals surface area contributed by atoms with E-state index in [0.717, 1.165) is 6.42 Å². The fourth-order valence-corrected chi connectivity index (χ4v) is 1.21. The van der Waals surface area contributed by atoms with Crippen molar-refractivity contribution in [2.75, 3.05) is 6.54 Å². The average molecular weight is 169 g/mol. The summed E-state index contributed by atoms with van der Waals surface area (Å²) >= 11 is 0. The molecule has 12 heavy (non-hydrogen) atoms. The Morgan fingerprint density at radius 2 is 2.17 bits per heavy atom. The van der Waals surface area contributed by atoms with Crippen LogP contribution in [-0.4, -0.2) is 12.3 Å². The van der Waals surface area contributed by atoms with E-state index in [-0.39, 0.29) is 11.7 Å². The minimum Gasteiger partial charge on any atom is -0.330 e. The van der Waals surface area contributed by atoms with Crippen LogP contribution in [0.5, 0.6) is 0 Å². The van der Waals surface area contributed by atoms with E-state index in [1.165, 1.54) is 0 Å². The van der Waals surface area contributed by atoms with Gasteiger partial charge in [-0.2, -0.15) is 0 Å². The Labute approximate surface area is 74.8 Å². The van der Waals surface area contributed by atoms with Gasteiger partial charge >= 0.3 is 0 Å². The molecule has 0 rings (SSSR count). The molecular weight excluding hydrogens is 150 g/mol. The molecule has 0 aromatic heterocycles. The van der Waals surface area contributed by atoms with Crippen molar-refractivity contribution in [2.45, 2.75) is 26.7 Å². The molecule has 0 aliphatic heterocycles. The van der Waals surface area contributed by atoms with Gasteiger partial charge in [-0.25, -0.2) is 0 Å². The van der Waals surface area contributed by atoms with Crippen LogP contribution in [0.1, 0.15) is 26.7 Å². The zero-order valence-electron chi connectivity index (χ0n) is 8.05. The lowest BCUT2D eigenvalue weighted by atomic mass is 9.89. The van der Waals surface area contributed by atoms with E-state index < -0.39 is 0 Å². The van der Waals surface area contributed by atoms with Crippen LogP contribution in [0.4, 0.5) is 0 Å². The fraction of sp³-hybridized carbons (Fsp3) is 0.700. The number of hydrogen-bond donors (Lipinski definition) is 1. The van der Waals surface area contributed by atoms with Crippen molar-refractivity contribution in [2.24, 2.45) is 17.6 Å². The standard InChI is InChI=1S/C10H19NO/c1-4-5-6-10(12)9(7-11)8(2)3/h4,8-9H,1,5-7,11H2,2-3H3. The van der Waals surface area contributed by atoms with Crippen molar-refractivity contribution < 1.29 is 4.79 Å². The van der Waals surface area contributed by atoms with Crippen molar-refractivity contribution in [3.05, 3.63) is 12.7 Å². The summed E-state index contributed by atoms with van der Waals surface area (Å²) < 4.78 is 0. The molecule has 2 nitrogen and oxygen atoms in total. The average Bonchev–Trinajstić information content (AvgIpc) is 2.01. The Morgan fingerprint density at radius 3 is 2.50 bits per heavy atom. The van der Waals surface area contributed by atoms with Crippen LogP contribution in [0.2, 0.25) is 0 Å². The molecular formula is C10H19NO. The maximum Gasteiger partial charge on any atom is 0.137 e. The van der Waals surface area contributed by atoms with Gasteiger partial charge in [0.2, 0.25) is 0 Å². The van der Waals surface area contributed by atoms with E-state index in [1.807, 2.05) is 13.8 Å². The first-order valence-electron chi connectivity index (χ1n) is 4.47. The van der Waals surface area contributed by atoms with Gasteiger partial charge in [0.25, 0.3) is 0 Å². The van der Waals surface area contributed by atoms with Crippen LogP contribution in [0.25, 0.3) is 0 Å². The predicted octanol–water partition coefficient (Wildman–Crippen LogP) is 1.75.